The summed E-state index contributed by atoms with van der Waals surface area (Å²) in [5, 5.41) is 10.7. The number of aromatic nitrogens is 1. The molecule has 0 aliphatic carbocycles. The molecule has 118 valence electrons. The first-order valence-corrected chi connectivity index (χ1v) is 9.19. The molecular weight excluding hydrogens is 324 g/mol. The van der Waals surface area contributed by atoms with Crippen molar-refractivity contribution in [2.24, 2.45) is 0 Å². The van der Waals surface area contributed by atoms with Gasteiger partial charge >= 0.3 is 5.97 Å². The Kier molecular flexibility index (Phi) is 5.28. The Morgan fingerprint density at radius 1 is 1.32 bits per heavy atom. The van der Waals surface area contributed by atoms with Gasteiger partial charge in [-0.1, -0.05) is 31.2 Å². The number of benzene rings is 1. The van der Waals surface area contributed by atoms with Gasteiger partial charge < -0.3 is 5.11 Å². The maximum absolute atomic E-state index is 12.2. The highest BCUT2D eigenvalue weighted by atomic mass is 32.2. The van der Waals surface area contributed by atoms with Crippen LogP contribution in [0.2, 0.25) is 0 Å². The number of carboxylic acids is 1. The van der Waals surface area contributed by atoms with E-state index in [1.54, 1.807) is 12.1 Å². The molecule has 2 rings (SSSR count). The van der Waals surface area contributed by atoms with Crippen LogP contribution >= 0.6 is 11.3 Å². The van der Waals surface area contributed by atoms with Gasteiger partial charge in [0, 0.05) is 5.38 Å². The molecule has 1 heterocycles. The fraction of sp³-hybridized carbons (Fsp3) is 0.286. The van der Waals surface area contributed by atoms with Gasteiger partial charge in [0.25, 0.3) is 0 Å². The van der Waals surface area contributed by atoms with Crippen LogP contribution in [0.5, 0.6) is 0 Å². The second kappa shape index (κ2) is 6.99. The van der Waals surface area contributed by atoms with E-state index in [2.05, 4.69) is 9.71 Å². The van der Waals surface area contributed by atoms with Crippen LogP contribution in [0.1, 0.15) is 29.8 Å². The van der Waals surface area contributed by atoms with E-state index in [1.165, 1.54) is 22.2 Å². The number of hydrogen-bond acceptors (Lipinski definition) is 5. The average molecular weight is 340 g/mol. The standard InChI is InChI=1S/C14H16N2O4S2/c1-2-10-3-5-11(6-4-10)8-22(19,20)16-13(14(17)18)12-7-21-9-15-12/h3-7,9,13,16H,2,8H2,1H3,(H,17,18). The molecule has 0 saturated carbocycles. The first-order valence-electron chi connectivity index (χ1n) is 6.60. The van der Waals surface area contributed by atoms with Gasteiger partial charge in [0.15, 0.2) is 6.04 Å². The Morgan fingerprint density at radius 2 is 1.95 bits per heavy atom. The summed E-state index contributed by atoms with van der Waals surface area (Å²) >= 11 is 1.21. The first kappa shape index (κ1) is 16.6. The molecule has 1 aromatic heterocycles. The Labute approximate surface area is 132 Å². The molecule has 1 unspecified atom stereocenters. The van der Waals surface area contributed by atoms with Crippen LogP contribution in [0.3, 0.4) is 0 Å². The number of aliphatic carboxylic acids is 1. The van der Waals surface area contributed by atoms with E-state index in [-0.39, 0.29) is 11.4 Å². The Bertz CT molecular complexity index is 725. The minimum absolute atomic E-state index is 0.183. The molecule has 0 amide bonds. The third-order valence-corrected chi connectivity index (χ3v) is 4.99. The van der Waals surface area contributed by atoms with Gasteiger partial charge in [-0.3, -0.25) is 4.79 Å². The van der Waals surface area contributed by atoms with Crippen molar-refractivity contribution < 1.29 is 18.3 Å². The first-order chi connectivity index (χ1) is 10.4. The van der Waals surface area contributed by atoms with Gasteiger partial charge in [-0.15, -0.1) is 11.3 Å². The summed E-state index contributed by atoms with van der Waals surface area (Å²) in [6, 6.07) is 5.82. The van der Waals surface area contributed by atoms with Crippen molar-refractivity contribution in [3.63, 3.8) is 0 Å². The maximum atomic E-state index is 12.2. The summed E-state index contributed by atoms with van der Waals surface area (Å²) in [7, 11) is -3.79. The van der Waals surface area contributed by atoms with Crippen molar-refractivity contribution in [2.75, 3.05) is 0 Å². The number of aryl methyl sites for hydroxylation is 1. The van der Waals surface area contributed by atoms with Crippen molar-refractivity contribution in [1.82, 2.24) is 9.71 Å². The molecule has 0 saturated heterocycles. The van der Waals surface area contributed by atoms with Gasteiger partial charge in [0.2, 0.25) is 10.0 Å². The fourth-order valence-electron chi connectivity index (χ4n) is 1.91. The molecule has 2 N–H and O–H groups in total. The number of nitrogens with zero attached hydrogens (tertiary/aromatic N) is 1. The summed E-state index contributed by atoms with van der Waals surface area (Å²) in [6.45, 7) is 2.01. The number of carbonyl (C=O) groups is 1. The Hall–Kier alpha value is -1.77. The number of hydrogen-bond donors (Lipinski definition) is 2. The zero-order valence-electron chi connectivity index (χ0n) is 11.9. The number of thiazole rings is 1. The monoisotopic (exact) mass is 340 g/mol. The topological polar surface area (TPSA) is 96.4 Å². The van der Waals surface area contributed by atoms with Crippen LogP contribution in [0.15, 0.2) is 35.2 Å². The van der Waals surface area contributed by atoms with Crippen molar-refractivity contribution >= 4 is 27.3 Å². The smallest absolute Gasteiger partial charge is 0.327 e. The van der Waals surface area contributed by atoms with Crippen LogP contribution < -0.4 is 4.72 Å². The van der Waals surface area contributed by atoms with Crippen LogP contribution in [0.25, 0.3) is 0 Å². The second-order valence-electron chi connectivity index (χ2n) is 4.73. The zero-order chi connectivity index (χ0) is 16.2. The molecule has 0 spiro atoms. The molecular formula is C14H16N2O4S2. The van der Waals surface area contributed by atoms with Crippen LogP contribution in [0.4, 0.5) is 0 Å². The van der Waals surface area contributed by atoms with Gasteiger partial charge in [0.05, 0.1) is 17.0 Å². The van der Waals surface area contributed by atoms with Gasteiger partial charge in [-0.2, -0.15) is 4.72 Å². The third kappa shape index (κ3) is 4.36. The normalized spacial score (nSPS) is 13.0. The van der Waals surface area contributed by atoms with Crippen molar-refractivity contribution in [1.29, 1.82) is 0 Å². The van der Waals surface area contributed by atoms with Crippen molar-refractivity contribution in [2.45, 2.75) is 25.1 Å². The maximum Gasteiger partial charge on any atom is 0.327 e. The van der Waals surface area contributed by atoms with Gasteiger partial charge in [0.1, 0.15) is 0 Å². The highest BCUT2D eigenvalue weighted by Crippen LogP contribution is 2.16. The van der Waals surface area contributed by atoms with Gasteiger partial charge in [-0.05, 0) is 17.5 Å². The Balaban J connectivity index is 2.13. The lowest BCUT2D eigenvalue weighted by molar-refractivity contribution is -0.139. The minimum atomic E-state index is -3.79. The quantitative estimate of drug-likeness (QED) is 0.803. The zero-order valence-corrected chi connectivity index (χ0v) is 13.5. The van der Waals surface area contributed by atoms with Crippen molar-refractivity contribution in [3.05, 3.63) is 52.0 Å². The lowest BCUT2D eigenvalue weighted by Gasteiger charge is -2.13. The molecule has 6 nitrogen and oxygen atoms in total. The lowest BCUT2D eigenvalue weighted by atomic mass is 10.1. The van der Waals surface area contributed by atoms with Crippen molar-refractivity contribution in [3.8, 4) is 0 Å². The summed E-state index contributed by atoms with van der Waals surface area (Å²) in [5.41, 5.74) is 3.36. The molecule has 1 aromatic carbocycles. The summed E-state index contributed by atoms with van der Waals surface area (Å²) in [5.74, 6) is -1.55. The lowest BCUT2D eigenvalue weighted by Crippen LogP contribution is -2.34. The van der Waals surface area contributed by atoms with Gasteiger partial charge in [-0.25, -0.2) is 13.4 Å². The SMILES string of the molecule is CCc1ccc(CS(=O)(=O)NC(C(=O)O)c2cscn2)cc1. The van der Waals surface area contributed by atoms with E-state index < -0.39 is 22.0 Å². The number of sulfonamides is 1. The summed E-state index contributed by atoms with van der Waals surface area (Å²) in [6.07, 6.45) is 0.871. The largest absolute Gasteiger partial charge is 0.480 e. The molecule has 0 aliphatic heterocycles. The molecule has 8 heteroatoms. The molecule has 2 aromatic rings. The highest BCUT2D eigenvalue weighted by Gasteiger charge is 2.27. The molecule has 0 bridgehead atoms. The van der Waals surface area contributed by atoms with E-state index in [4.69, 9.17) is 0 Å². The van der Waals surface area contributed by atoms with Crippen LogP contribution in [0, 0.1) is 0 Å². The predicted molar refractivity (Wildman–Crippen MR) is 84.1 cm³/mol. The third-order valence-electron chi connectivity index (χ3n) is 3.08. The molecule has 22 heavy (non-hydrogen) atoms. The Morgan fingerprint density at radius 3 is 2.45 bits per heavy atom. The minimum Gasteiger partial charge on any atom is -0.480 e. The van der Waals surface area contributed by atoms with E-state index in [0.29, 0.717) is 5.56 Å². The van der Waals surface area contributed by atoms with E-state index in [1.807, 2.05) is 19.1 Å². The van der Waals surface area contributed by atoms with E-state index >= 15 is 0 Å². The summed E-state index contributed by atoms with van der Waals surface area (Å²) in [4.78, 5) is 15.1. The molecule has 0 aliphatic rings. The molecule has 1 atom stereocenters. The highest BCUT2D eigenvalue weighted by molar-refractivity contribution is 7.88. The fourth-order valence-corrected chi connectivity index (χ4v) is 3.79. The number of nitrogens with one attached hydrogen (secondary N) is 1. The van der Waals surface area contributed by atoms with Crippen LogP contribution in [-0.2, 0) is 27.0 Å². The van der Waals surface area contributed by atoms with E-state index in [9.17, 15) is 18.3 Å². The number of carboxylic acid groups (broad SMARTS) is 1. The average Bonchev–Trinajstić information content (AvgIpc) is 2.99. The molecule has 0 fully saturated rings. The van der Waals surface area contributed by atoms with Crippen LogP contribution in [-0.4, -0.2) is 24.5 Å². The van der Waals surface area contributed by atoms with E-state index in [0.717, 1.165) is 12.0 Å². The second-order valence-corrected chi connectivity index (χ2v) is 7.20. The number of rotatable bonds is 7. The predicted octanol–water partition coefficient (Wildman–Crippen LogP) is 1.95. The molecule has 0 radical (unpaired) electrons. The summed E-state index contributed by atoms with van der Waals surface area (Å²) < 4.78 is 26.5.